The van der Waals surface area contributed by atoms with Gasteiger partial charge in [-0.05, 0) is 57.4 Å². The van der Waals surface area contributed by atoms with E-state index in [-0.39, 0.29) is 0 Å². The minimum Gasteiger partial charge on any atom is -0.385 e. The molecule has 1 atom stereocenters. The second-order valence-corrected chi connectivity index (χ2v) is 6.46. The first-order valence-corrected chi connectivity index (χ1v) is 7.60. The predicted molar refractivity (Wildman–Crippen MR) is 80.9 cm³/mol. The standard InChI is InChI=1S/C15H21Cl2NO/c1-11(2)18-8-3-6-15(19,7-9-18)12-4-5-13(16)14(17)10-12/h4-5,10-11,19H,3,6-9H2,1-2H3. The molecule has 1 heterocycles. The minimum absolute atomic E-state index is 0.512. The Labute approximate surface area is 125 Å². The van der Waals surface area contributed by atoms with Crippen LogP contribution < -0.4 is 0 Å². The maximum Gasteiger partial charge on any atom is 0.0909 e. The van der Waals surface area contributed by atoms with Crippen LogP contribution in [0.5, 0.6) is 0 Å². The van der Waals surface area contributed by atoms with Crippen LogP contribution in [0, 0.1) is 0 Å². The average molecular weight is 302 g/mol. The molecule has 0 aliphatic carbocycles. The van der Waals surface area contributed by atoms with Gasteiger partial charge in [0.2, 0.25) is 0 Å². The molecule has 2 nitrogen and oxygen atoms in total. The van der Waals surface area contributed by atoms with Crippen molar-refractivity contribution < 1.29 is 5.11 Å². The van der Waals surface area contributed by atoms with E-state index in [0.29, 0.717) is 16.1 Å². The van der Waals surface area contributed by atoms with Gasteiger partial charge >= 0.3 is 0 Å². The first-order chi connectivity index (χ1) is 8.92. The van der Waals surface area contributed by atoms with E-state index in [0.717, 1.165) is 37.9 Å². The maximum atomic E-state index is 10.9. The number of aliphatic hydroxyl groups is 1. The van der Waals surface area contributed by atoms with Gasteiger partial charge in [0.05, 0.1) is 15.6 Å². The van der Waals surface area contributed by atoms with Crippen LogP contribution in [0.15, 0.2) is 18.2 Å². The van der Waals surface area contributed by atoms with Gasteiger partial charge in [0, 0.05) is 12.6 Å². The molecule has 0 amide bonds. The van der Waals surface area contributed by atoms with Crippen molar-refractivity contribution in [2.75, 3.05) is 13.1 Å². The first-order valence-electron chi connectivity index (χ1n) is 6.84. The Bertz CT molecular complexity index is 450. The summed E-state index contributed by atoms with van der Waals surface area (Å²) in [7, 11) is 0. The molecule has 2 rings (SSSR count). The Balaban J connectivity index is 2.20. The molecule has 1 unspecified atom stereocenters. The molecule has 19 heavy (non-hydrogen) atoms. The highest BCUT2D eigenvalue weighted by atomic mass is 35.5. The number of benzene rings is 1. The monoisotopic (exact) mass is 301 g/mol. The Morgan fingerprint density at radius 1 is 1.16 bits per heavy atom. The number of nitrogens with zero attached hydrogens (tertiary/aromatic N) is 1. The van der Waals surface area contributed by atoms with Crippen molar-refractivity contribution in [3.05, 3.63) is 33.8 Å². The smallest absolute Gasteiger partial charge is 0.0909 e. The molecule has 1 N–H and O–H groups in total. The van der Waals surface area contributed by atoms with E-state index >= 15 is 0 Å². The van der Waals surface area contributed by atoms with Gasteiger partial charge in [-0.25, -0.2) is 0 Å². The SMILES string of the molecule is CC(C)N1CCCC(O)(c2ccc(Cl)c(Cl)c2)CC1. The molecule has 0 bridgehead atoms. The first kappa shape index (κ1) is 15.1. The molecule has 0 spiro atoms. The number of likely N-dealkylation sites (tertiary alicyclic amines) is 1. The van der Waals surface area contributed by atoms with Crippen molar-refractivity contribution in [2.24, 2.45) is 0 Å². The van der Waals surface area contributed by atoms with Crippen molar-refractivity contribution in [1.29, 1.82) is 0 Å². The molecule has 1 aromatic carbocycles. The van der Waals surface area contributed by atoms with Crippen molar-refractivity contribution in [3.63, 3.8) is 0 Å². The van der Waals surface area contributed by atoms with Crippen LogP contribution in [0.2, 0.25) is 10.0 Å². The van der Waals surface area contributed by atoms with E-state index in [1.165, 1.54) is 0 Å². The van der Waals surface area contributed by atoms with Gasteiger partial charge in [-0.15, -0.1) is 0 Å². The zero-order valence-corrected chi connectivity index (χ0v) is 13.0. The summed E-state index contributed by atoms with van der Waals surface area (Å²) in [6, 6.07) is 5.98. The number of rotatable bonds is 2. The molecule has 1 aromatic rings. The van der Waals surface area contributed by atoms with Gasteiger partial charge in [-0.1, -0.05) is 29.3 Å². The summed E-state index contributed by atoms with van der Waals surface area (Å²) in [6.07, 6.45) is 2.51. The molecule has 1 aliphatic rings. The fourth-order valence-electron chi connectivity index (χ4n) is 2.73. The maximum absolute atomic E-state index is 10.9. The molecule has 4 heteroatoms. The predicted octanol–water partition coefficient (Wildman–Crippen LogP) is 4.08. The highest BCUT2D eigenvalue weighted by molar-refractivity contribution is 6.42. The molecule has 1 aliphatic heterocycles. The summed E-state index contributed by atoms with van der Waals surface area (Å²) in [6.45, 7) is 6.35. The molecule has 106 valence electrons. The molecule has 0 radical (unpaired) electrons. The Hall–Kier alpha value is -0.280. The van der Waals surface area contributed by atoms with E-state index in [1.807, 2.05) is 6.07 Å². The topological polar surface area (TPSA) is 23.5 Å². The summed E-state index contributed by atoms with van der Waals surface area (Å²) < 4.78 is 0. The van der Waals surface area contributed by atoms with Crippen LogP contribution in [0.4, 0.5) is 0 Å². The van der Waals surface area contributed by atoms with Gasteiger partial charge in [-0.3, -0.25) is 0 Å². The number of hydrogen-bond acceptors (Lipinski definition) is 2. The van der Waals surface area contributed by atoms with E-state index in [1.54, 1.807) is 12.1 Å². The molecule has 1 fully saturated rings. The van der Waals surface area contributed by atoms with E-state index < -0.39 is 5.60 Å². The Kier molecular flexibility index (Phi) is 4.78. The summed E-state index contributed by atoms with van der Waals surface area (Å²) in [4.78, 5) is 2.41. The lowest BCUT2D eigenvalue weighted by molar-refractivity contribution is 0.0204. The van der Waals surface area contributed by atoms with Gasteiger partial charge in [0.15, 0.2) is 0 Å². The van der Waals surface area contributed by atoms with Crippen LogP contribution in [-0.4, -0.2) is 29.1 Å². The van der Waals surface area contributed by atoms with Crippen LogP contribution in [0.1, 0.15) is 38.7 Å². The third kappa shape index (κ3) is 3.43. The summed E-state index contributed by atoms with van der Waals surface area (Å²) in [5.41, 5.74) is 0.102. The largest absolute Gasteiger partial charge is 0.385 e. The van der Waals surface area contributed by atoms with Crippen LogP contribution >= 0.6 is 23.2 Å². The summed E-state index contributed by atoms with van der Waals surface area (Å²) >= 11 is 12.0. The minimum atomic E-state index is -0.780. The highest BCUT2D eigenvalue weighted by Crippen LogP contribution is 2.36. The number of hydrogen-bond donors (Lipinski definition) is 1. The quantitative estimate of drug-likeness (QED) is 0.890. The number of halogens is 2. The Morgan fingerprint density at radius 3 is 2.53 bits per heavy atom. The third-order valence-corrected chi connectivity index (χ3v) is 4.77. The highest BCUT2D eigenvalue weighted by Gasteiger charge is 2.32. The zero-order valence-electron chi connectivity index (χ0n) is 11.5. The second-order valence-electron chi connectivity index (χ2n) is 5.64. The lowest BCUT2D eigenvalue weighted by Gasteiger charge is -2.28. The molecule has 0 aromatic heterocycles. The third-order valence-electron chi connectivity index (χ3n) is 4.04. The van der Waals surface area contributed by atoms with Crippen molar-refractivity contribution in [2.45, 2.75) is 44.8 Å². The molecular formula is C15H21Cl2NO. The summed E-state index contributed by atoms with van der Waals surface area (Å²) in [5, 5.41) is 12.0. The van der Waals surface area contributed by atoms with Crippen molar-refractivity contribution in [3.8, 4) is 0 Å². The average Bonchev–Trinajstić information content (AvgIpc) is 2.56. The van der Waals surface area contributed by atoms with Gasteiger partial charge in [0.1, 0.15) is 0 Å². The fourth-order valence-corrected chi connectivity index (χ4v) is 3.03. The van der Waals surface area contributed by atoms with E-state index in [4.69, 9.17) is 23.2 Å². The summed E-state index contributed by atoms with van der Waals surface area (Å²) in [5.74, 6) is 0. The molecular weight excluding hydrogens is 281 g/mol. The van der Waals surface area contributed by atoms with Gasteiger partial charge < -0.3 is 10.0 Å². The van der Waals surface area contributed by atoms with Crippen molar-refractivity contribution >= 4 is 23.2 Å². The molecule has 0 saturated carbocycles. The lowest BCUT2D eigenvalue weighted by atomic mass is 9.87. The van der Waals surface area contributed by atoms with Gasteiger partial charge in [0.25, 0.3) is 0 Å². The van der Waals surface area contributed by atoms with Crippen LogP contribution in [0.3, 0.4) is 0 Å². The van der Waals surface area contributed by atoms with E-state index in [9.17, 15) is 5.11 Å². The van der Waals surface area contributed by atoms with Crippen LogP contribution in [0.25, 0.3) is 0 Å². The van der Waals surface area contributed by atoms with Gasteiger partial charge in [-0.2, -0.15) is 0 Å². The molecule has 1 saturated heterocycles. The normalized spacial score (nSPS) is 25.6. The van der Waals surface area contributed by atoms with Crippen LogP contribution in [-0.2, 0) is 5.60 Å². The van der Waals surface area contributed by atoms with Crippen molar-refractivity contribution in [1.82, 2.24) is 4.90 Å². The zero-order chi connectivity index (χ0) is 14.0. The van der Waals surface area contributed by atoms with E-state index in [2.05, 4.69) is 18.7 Å². The second kappa shape index (κ2) is 6.01. The lowest BCUT2D eigenvalue weighted by Crippen LogP contribution is -2.33. The fraction of sp³-hybridized carbons (Fsp3) is 0.600. The Morgan fingerprint density at radius 2 is 1.89 bits per heavy atom.